The minimum atomic E-state index is -2.50. The molecule has 1 aromatic rings. The van der Waals surface area contributed by atoms with Crippen molar-refractivity contribution in [2.75, 3.05) is 6.26 Å². The maximum atomic E-state index is 12.7. The highest BCUT2D eigenvalue weighted by molar-refractivity contribution is 7.98. The van der Waals surface area contributed by atoms with Crippen LogP contribution in [-0.2, 0) is 6.54 Å². The molecule has 1 rings (SSSR count). The number of alkyl halides is 2. The molecule has 0 saturated carbocycles. The lowest BCUT2D eigenvalue weighted by molar-refractivity contribution is 0.118. The molecule has 12 heavy (non-hydrogen) atoms. The van der Waals surface area contributed by atoms with E-state index in [0.29, 0.717) is 0 Å². The standard InChI is InChI=1S/C6H7F3N2S/c1-12-6-4(7)2-10-11(6)3-5(8)9/h2,5H,3H2,1H3. The molecule has 0 aliphatic carbocycles. The van der Waals surface area contributed by atoms with E-state index in [0.717, 1.165) is 22.6 Å². The van der Waals surface area contributed by atoms with Crippen LogP contribution in [0.25, 0.3) is 0 Å². The Balaban J connectivity index is 2.84. The molecule has 1 aromatic heterocycles. The van der Waals surface area contributed by atoms with Crippen molar-refractivity contribution >= 4 is 11.8 Å². The van der Waals surface area contributed by atoms with E-state index in [9.17, 15) is 13.2 Å². The zero-order valence-corrected chi connectivity index (χ0v) is 7.11. The van der Waals surface area contributed by atoms with Crippen LogP contribution in [-0.4, -0.2) is 22.5 Å². The van der Waals surface area contributed by atoms with Crippen molar-refractivity contribution in [2.24, 2.45) is 0 Å². The Morgan fingerprint density at radius 1 is 1.67 bits per heavy atom. The summed E-state index contributed by atoms with van der Waals surface area (Å²) in [5.74, 6) is -0.553. The molecule has 2 nitrogen and oxygen atoms in total. The second-order valence-corrected chi connectivity index (χ2v) is 2.87. The fourth-order valence-corrected chi connectivity index (χ4v) is 1.40. The van der Waals surface area contributed by atoms with E-state index in [4.69, 9.17) is 0 Å². The lowest BCUT2D eigenvalue weighted by atomic mass is 10.6. The molecule has 1 heterocycles. The zero-order chi connectivity index (χ0) is 9.14. The van der Waals surface area contributed by atoms with Crippen LogP contribution < -0.4 is 0 Å². The predicted octanol–water partition coefficient (Wildman–Crippen LogP) is 2.01. The molecule has 0 unspecified atom stereocenters. The molecule has 6 heteroatoms. The lowest BCUT2D eigenvalue weighted by Gasteiger charge is -2.02. The Bertz CT molecular complexity index is 261. The molecule has 0 saturated heterocycles. The van der Waals surface area contributed by atoms with Gasteiger partial charge in [-0.1, -0.05) is 0 Å². The van der Waals surface area contributed by atoms with Crippen LogP contribution in [0.4, 0.5) is 13.2 Å². The van der Waals surface area contributed by atoms with Gasteiger partial charge in [0.2, 0.25) is 0 Å². The zero-order valence-electron chi connectivity index (χ0n) is 6.30. The van der Waals surface area contributed by atoms with Gasteiger partial charge < -0.3 is 0 Å². The lowest BCUT2D eigenvalue weighted by Crippen LogP contribution is -2.09. The van der Waals surface area contributed by atoms with Crippen molar-refractivity contribution in [3.8, 4) is 0 Å². The first-order chi connectivity index (χ1) is 5.65. The summed E-state index contributed by atoms with van der Waals surface area (Å²) in [5, 5.41) is 3.62. The smallest absolute Gasteiger partial charge is 0.250 e. The molecule has 0 spiro atoms. The number of aromatic nitrogens is 2. The molecule has 0 aliphatic heterocycles. The van der Waals surface area contributed by atoms with Gasteiger partial charge in [0.15, 0.2) is 5.82 Å². The monoisotopic (exact) mass is 196 g/mol. The fraction of sp³-hybridized carbons (Fsp3) is 0.500. The summed E-state index contributed by atoms with van der Waals surface area (Å²) in [7, 11) is 0. The van der Waals surface area contributed by atoms with Gasteiger partial charge in [0.05, 0.1) is 6.20 Å². The maximum absolute atomic E-state index is 12.7. The molecule has 0 amide bonds. The van der Waals surface area contributed by atoms with Crippen LogP contribution in [0.5, 0.6) is 0 Å². The van der Waals surface area contributed by atoms with E-state index < -0.39 is 18.8 Å². The van der Waals surface area contributed by atoms with E-state index in [-0.39, 0.29) is 5.03 Å². The summed E-state index contributed by atoms with van der Waals surface area (Å²) in [5.41, 5.74) is 0. The molecular formula is C6H7F3N2S. The van der Waals surface area contributed by atoms with Crippen LogP contribution in [0.3, 0.4) is 0 Å². The summed E-state index contributed by atoms with van der Waals surface area (Å²) in [6.07, 6.45) is 0.0474. The van der Waals surface area contributed by atoms with Gasteiger partial charge >= 0.3 is 0 Å². The SMILES string of the molecule is CSc1c(F)cnn1CC(F)F. The second-order valence-electron chi connectivity index (χ2n) is 2.07. The average molecular weight is 196 g/mol. The Hall–Kier alpha value is -0.650. The molecule has 0 bridgehead atoms. The van der Waals surface area contributed by atoms with Gasteiger partial charge in [-0.05, 0) is 6.26 Å². The van der Waals surface area contributed by atoms with E-state index in [1.54, 1.807) is 6.26 Å². The number of rotatable bonds is 3. The third-order valence-corrected chi connectivity index (χ3v) is 2.05. The highest BCUT2D eigenvalue weighted by Gasteiger charge is 2.12. The molecule has 0 atom stereocenters. The van der Waals surface area contributed by atoms with Crippen molar-refractivity contribution < 1.29 is 13.2 Å². The van der Waals surface area contributed by atoms with Crippen molar-refractivity contribution in [3.63, 3.8) is 0 Å². The van der Waals surface area contributed by atoms with Crippen LogP contribution in [0.1, 0.15) is 0 Å². The second kappa shape index (κ2) is 3.84. The van der Waals surface area contributed by atoms with Gasteiger partial charge in [-0.25, -0.2) is 13.2 Å². The molecule has 0 radical (unpaired) electrons. The van der Waals surface area contributed by atoms with Gasteiger partial charge in [-0.3, -0.25) is 4.68 Å². The largest absolute Gasteiger partial charge is 0.257 e. The highest BCUT2D eigenvalue weighted by atomic mass is 32.2. The summed E-state index contributed by atoms with van der Waals surface area (Å²) in [4.78, 5) is 0. The summed E-state index contributed by atoms with van der Waals surface area (Å²) in [6.45, 7) is -0.555. The number of hydrogen-bond donors (Lipinski definition) is 0. The summed E-state index contributed by atoms with van der Waals surface area (Å²) in [6, 6.07) is 0. The molecule has 0 N–H and O–H groups in total. The Morgan fingerprint density at radius 3 is 2.83 bits per heavy atom. The first kappa shape index (κ1) is 9.44. The number of hydrogen-bond acceptors (Lipinski definition) is 2. The van der Waals surface area contributed by atoms with Crippen LogP contribution in [0.2, 0.25) is 0 Å². The average Bonchev–Trinajstić information content (AvgIpc) is 2.30. The number of halogens is 3. The molecule has 0 fully saturated rings. The Morgan fingerprint density at radius 2 is 2.33 bits per heavy atom. The quantitative estimate of drug-likeness (QED) is 0.688. The van der Waals surface area contributed by atoms with Crippen LogP contribution >= 0.6 is 11.8 Å². The van der Waals surface area contributed by atoms with Gasteiger partial charge in [0.25, 0.3) is 6.43 Å². The first-order valence-corrected chi connectivity index (χ1v) is 4.41. The van der Waals surface area contributed by atoms with Crippen molar-refractivity contribution in [1.29, 1.82) is 0 Å². The minimum Gasteiger partial charge on any atom is -0.250 e. The van der Waals surface area contributed by atoms with Gasteiger partial charge in [0.1, 0.15) is 11.6 Å². The Labute approximate surface area is 71.8 Å². The number of thioether (sulfide) groups is 1. The van der Waals surface area contributed by atoms with E-state index in [1.165, 1.54) is 0 Å². The van der Waals surface area contributed by atoms with Gasteiger partial charge in [-0.15, -0.1) is 11.8 Å². The van der Waals surface area contributed by atoms with Crippen LogP contribution in [0, 0.1) is 5.82 Å². The Kier molecular flexibility index (Phi) is 3.02. The summed E-state index contributed by atoms with van der Waals surface area (Å²) < 4.78 is 37.4. The van der Waals surface area contributed by atoms with E-state index in [1.807, 2.05) is 0 Å². The highest BCUT2D eigenvalue weighted by Crippen LogP contribution is 2.18. The van der Waals surface area contributed by atoms with Crippen molar-refractivity contribution in [3.05, 3.63) is 12.0 Å². The minimum absolute atomic E-state index is 0.148. The number of nitrogens with zero attached hydrogens (tertiary/aromatic N) is 2. The molecule has 0 aliphatic rings. The maximum Gasteiger partial charge on any atom is 0.257 e. The van der Waals surface area contributed by atoms with E-state index in [2.05, 4.69) is 5.10 Å². The fourth-order valence-electron chi connectivity index (χ4n) is 0.815. The first-order valence-electron chi connectivity index (χ1n) is 3.18. The normalized spacial score (nSPS) is 11.1. The van der Waals surface area contributed by atoms with Gasteiger partial charge in [-0.2, -0.15) is 5.10 Å². The van der Waals surface area contributed by atoms with E-state index >= 15 is 0 Å². The molecule has 68 valence electrons. The summed E-state index contributed by atoms with van der Waals surface area (Å²) >= 11 is 1.06. The predicted molar refractivity (Wildman–Crippen MR) is 40.0 cm³/mol. The molecular weight excluding hydrogens is 189 g/mol. The topological polar surface area (TPSA) is 17.8 Å². The third kappa shape index (κ3) is 1.94. The van der Waals surface area contributed by atoms with Crippen molar-refractivity contribution in [2.45, 2.75) is 18.0 Å². The molecule has 0 aromatic carbocycles. The van der Waals surface area contributed by atoms with Crippen LogP contribution in [0.15, 0.2) is 11.2 Å². The van der Waals surface area contributed by atoms with Gasteiger partial charge in [0, 0.05) is 0 Å². The third-order valence-electron chi connectivity index (χ3n) is 1.25. The van der Waals surface area contributed by atoms with Crippen molar-refractivity contribution in [1.82, 2.24) is 9.78 Å².